The molecular weight excluding hydrogens is 326 g/mol. The molecule has 0 saturated carbocycles. The SMILES string of the molecule is Cn1nc(-c2ccccc2)c2c1NC(=O)C[C@@H]2c1cc(C(C)(C)C)n[nH]1. The zero-order valence-corrected chi connectivity index (χ0v) is 15.5. The molecule has 0 unspecified atom stereocenters. The quantitative estimate of drug-likeness (QED) is 0.742. The van der Waals surface area contributed by atoms with E-state index in [1.54, 1.807) is 4.68 Å². The van der Waals surface area contributed by atoms with Gasteiger partial charge in [0, 0.05) is 41.6 Å². The molecule has 0 fully saturated rings. The fourth-order valence-corrected chi connectivity index (χ4v) is 3.46. The van der Waals surface area contributed by atoms with E-state index in [0.717, 1.165) is 34.0 Å². The molecule has 1 aromatic carbocycles. The van der Waals surface area contributed by atoms with Crippen LogP contribution in [0, 0.1) is 0 Å². The third kappa shape index (κ3) is 2.71. The van der Waals surface area contributed by atoms with Gasteiger partial charge in [-0.1, -0.05) is 51.1 Å². The summed E-state index contributed by atoms with van der Waals surface area (Å²) in [4.78, 5) is 12.3. The summed E-state index contributed by atoms with van der Waals surface area (Å²) in [6.07, 6.45) is 0.379. The van der Waals surface area contributed by atoms with Gasteiger partial charge in [-0.2, -0.15) is 10.2 Å². The lowest BCUT2D eigenvalue weighted by Crippen LogP contribution is -2.24. The minimum atomic E-state index is -0.0914. The van der Waals surface area contributed by atoms with E-state index in [9.17, 15) is 4.79 Å². The standard InChI is InChI=1S/C20H23N5O/c1-20(2,3)15-11-14(22-23-15)13-10-16(26)21-19-17(13)18(24-25(19)4)12-8-6-5-7-9-12/h5-9,11,13H,10H2,1-4H3,(H,21,26)(H,22,23)/t13-/m1/s1. The van der Waals surface area contributed by atoms with Crippen LogP contribution >= 0.6 is 0 Å². The Balaban J connectivity index is 1.87. The highest BCUT2D eigenvalue weighted by Crippen LogP contribution is 2.42. The van der Waals surface area contributed by atoms with Gasteiger partial charge in [0.15, 0.2) is 0 Å². The van der Waals surface area contributed by atoms with Crippen LogP contribution < -0.4 is 5.32 Å². The normalized spacial score (nSPS) is 17.1. The van der Waals surface area contributed by atoms with Gasteiger partial charge in [-0.15, -0.1) is 0 Å². The Morgan fingerprint density at radius 2 is 1.92 bits per heavy atom. The van der Waals surface area contributed by atoms with Crippen molar-refractivity contribution in [3.8, 4) is 11.3 Å². The van der Waals surface area contributed by atoms with E-state index in [2.05, 4.69) is 42.4 Å². The molecule has 26 heavy (non-hydrogen) atoms. The number of rotatable bonds is 2. The van der Waals surface area contributed by atoms with Crippen molar-refractivity contribution in [2.75, 3.05) is 5.32 Å². The number of H-pyrrole nitrogens is 1. The van der Waals surface area contributed by atoms with Gasteiger partial charge in [0.05, 0.1) is 11.4 Å². The molecule has 134 valence electrons. The zero-order chi connectivity index (χ0) is 18.5. The topological polar surface area (TPSA) is 75.6 Å². The van der Waals surface area contributed by atoms with Gasteiger partial charge >= 0.3 is 0 Å². The Bertz CT molecular complexity index is 962. The van der Waals surface area contributed by atoms with Gasteiger partial charge in [0.25, 0.3) is 0 Å². The second-order valence-electron chi connectivity index (χ2n) is 7.86. The fourth-order valence-electron chi connectivity index (χ4n) is 3.46. The number of carbonyl (C=O) groups is 1. The second-order valence-corrected chi connectivity index (χ2v) is 7.86. The van der Waals surface area contributed by atoms with E-state index in [4.69, 9.17) is 5.10 Å². The Morgan fingerprint density at radius 3 is 2.58 bits per heavy atom. The van der Waals surface area contributed by atoms with Crippen LogP contribution in [0.5, 0.6) is 0 Å². The van der Waals surface area contributed by atoms with E-state index in [1.807, 2.05) is 37.4 Å². The number of anilines is 1. The molecule has 1 atom stereocenters. The Morgan fingerprint density at radius 1 is 1.19 bits per heavy atom. The molecule has 6 heteroatoms. The first-order chi connectivity index (χ1) is 12.3. The van der Waals surface area contributed by atoms with E-state index in [1.165, 1.54) is 0 Å². The van der Waals surface area contributed by atoms with Gasteiger partial charge in [0.2, 0.25) is 5.91 Å². The zero-order valence-electron chi connectivity index (χ0n) is 15.5. The van der Waals surface area contributed by atoms with Gasteiger partial charge in [-0.25, -0.2) is 0 Å². The van der Waals surface area contributed by atoms with Crippen LogP contribution in [0.3, 0.4) is 0 Å². The van der Waals surface area contributed by atoms with Gasteiger partial charge in [0.1, 0.15) is 5.82 Å². The lowest BCUT2D eigenvalue weighted by atomic mass is 9.86. The molecule has 0 spiro atoms. The molecule has 3 heterocycles. The smallest absolute Gasteiger partial charge is 0.226 e. The number of carbonyl (C=O) groups excluding carboxylic acids is 1. The van der Waals surface area contributed by atoms with Gasteiger partial charge < -0.3 is 5.32 Å². The number of benzene rings is 1. The van der Waals surface area contributed by atoms with Crippen molar-refractivity contribution in [2.24, 2.45) is 7.05 Å². The number of hydrogen-bond donors (Lipinski definition) is 2. The minimum absolute atomic E-state index is 0.00276. The van der Waals surface area contributed by atoms with E-state index in [-0.39, 0.29) is 17.2 Å². The van der Waals surface area contributed by atoms with E-state index in [0.29, 0.717) is 6.42 Å². The first-order valence-electron chi connectivity index (χ1n) is 8.82. The molecule has 0 bridgehead atoms. The van der Waals surface area contributed by atoms with E-state index < -0.39 is 0 Å². The molecule has 2 aromatic heterocycles. The van der Waals surface area contributed by atoms with Crippen molar-refractivity contribution >= 4 is 11.7 Å². The average molecular weight is 349 g/mol. The van der Waals surface area contributed by atoms with Crippen LogP contribution in [0.15, 0.2) is 36.4 Å². The lowest BCUT2D eigenvalue weighted by Gasteiger charge is -2.23. The maximum Gasteiger partial charge on any atom is 0.226 e. The lowest BCUT2D eigenvalue weighted by molar-refractivity contribution is -0.116. The van der Waals surface area contributed by atoms with Crippen LogP contribution in [0.25, 0.3) is 11.3 Å². The fraction of sp³-hybridized carbons (Fsp3) is 0.350. The third-order valence-electron chi connectivity index (χ3n) is 4.87. The van der Waals surface area contributed by atoms with Crippen molar-refractivity contribution in [1.29, 1.82) is 0 Å². The molecule has 0 aliphatic carbocycles. The number of nitrogens with zero attached hydrogens (tertiary/aromatic N) is 3. The molecule has 6 nitrogen and oxygen atoms in total. The average Bonchev–Trinajstić information content (AvgIpc) is 3.21. The number of aromatic amines is 1. The first kappa shape index (κ1) is 16.6. The predicted octanol–water partition coefficient (Wildman–Crippen LogP) is 3.58. The van der Waals surface area contributed by atoms with Crippen molar-refractivity contribution < 1.29 is 4.79 Å². The molecule has 1 aliphatic rings. The van der Waals surface area contributed by atoms with E-state index >= 15 is 0 Å². The van der Waals surface area contributed by atoms with Crippen molar-refractivity contribution in [1.82, 2.24) is 20.0 Å². The van der Waals surface area contributed by atoms with Crippen LogP contribution in [0.1, 0.15) is 50.1 Å². The predicted molar refractivity (Wildman–Crippen MR) is 101 cm³/mol. The molecular formula is C20H23N5O. The minimum Gasteiger partial charge on any atom is -0.311 e. The molecule has 0 saturated heterocycles. The number of aromatic nitrogens is 4. The molecule has 2 N–H and O–H groups in total. The third-order valence-corrected chi connectivity index (χ3v) is 4.87. The van der Waals surface area contributed by atoms with Gasteiger partial charge in [-0.3, -0.25) is 14.6 Å². The number of hydrogen-bond acceptors (Lipinski definition) is 3. The van der Waals surface area contributed by atoms with Crippen LogP contribution in [-0.4, -0.2) is 25.9 Å². The number of nitrogens with one attached hydrogen (secondary N) is 2. The molecule has 1 aliphatic heterocycles. The number of fused-ring (bicyclic) bond motifs is 1. The van der Waals surface area contributed by atoms with Crippen LogP contribution in [0.2, 0.25) is 0 Å². The molecule has 4 rings (SSSR count). The van der Waals surface area contributed by atoms with Crippen molar-refractivity contribution in [3.05, 3.63) is 53.3 Å². The Labute approximate surface area is 152 Å². The van der Waals surface area contributed by atoms with Crippen LogP contribution in [-0.2, 0) is 17.3 Å². The summed E-state index contributed by atoms with van der Waals surface area (Å²) in [7, 11) is 1.86. The maximum absolute atomic E-state index is 12.3. The summed E-state index contributed by atoms with van der Waals surface area (Å²) in [5.41, 5.74) is 4.89. The summed E-state index contributed by atoms with van der Waals surface area (Å²) in [6, 6.07) is 12.2. The summed E-state index contributed by atoms with van der Waals surface area (Å²) in [5, 5.41) is 15.3. The van der Waals surface area contributed by atoms with Crippen molar-refractivity contribution in [3.63, 3.8) is 0 Å². The second kappa shape index (κ2) is 5.83. The molecule has 3 aromatic rings. The Hall–Kier alpha value is -2.89. The summed E-state index contributed by atoms with van der Waals surface area (Å²) >= 11 is 0. The highest BCUT2D eigenvalue weighted by Gasteiger charge is 2.34. The Kier molecular flexibility index (Phi) is 3.72. The largest absolute Gasteiger partial charge is 0.311 e. The van der Waals surface area contributed by atoms with Crippen LogP contribution in [0.4, 0.5) is 5.82 Å². The first-order valence-corrected chi connectivity index (χ1v) is 8.82. The molecule has 1 amide bonds. The highest BCUT2D eigenvalue weighted by molar-refractivity contribution is 5.96. The van der Waals surface area contributed by atoms with Gasteiger partial charge in [-0.05, 0) is 6.07 Å². The maximum atomic E-state index is 12.3. The summed E-state index contributed by atoms with van der Waals surface area (Å²) < 4.78 is 1.75. The summed E-state index contributed by atoms with van der Waals surface area (Å²) in [6.45, 7) is 6.39. The summed E-state index contributed by atoms with van der Waals surface area (Å²) in [5.74, 6) is 0.667. The molecule has 0 radical (unpaired) electrons. The monoisotopic (exact) mass is 349 g/mol. The highest BCUT2D eigenvalue weighted by atomic mass is 16.1. The number of amides is 1. The number of aryl methyl sites for hydroxylation is 1. The van der Waals surface area contributed by atoms with Crippen molar-refractivity contribution in [2.45, 2.75) is 38.5 Å².